The molecule has 4 heterocycles. The molecule has 54 heavy (non-hydrogen) atoms. The first-order valence-electron chi connectivity index (χ1n) is 18.0. The van der Waals surface area contributed by atoms with Gasteiger partial charge >= 0.3 is 0 Å². The molecule has 0 bridgehead atoms. The summed E-state index contributed by atoms with van der Waals surface area (Å²) >= 11 is 0. The number of hydrogen-bond acceptors (Lipinski definition) is 5. The molecule has 0 spiro atoms. The Morgan fingerprint density at radius 3 is 1.48 bits per heavy atom. The topological polar surface area (TPSA) is 68.3 Å². The number of imidazole rings is 1. The van der Waals surface area contributed by atoms with Crippen molar-refractivity contribution >= 4 is 33.2 Å². The molecule has 3 aromatic heterocycles. The minimum Gasteiger partial charge on any atom is -0.275 e. The fourth-order valence-electron chi connectivity index (χ4n) is 7.47. The van der Waals surface area contributed by atoms with Crippen LogP contribution in [0, 0.1) is 0 Å². The van der Waals surface area contributed by atoms with Crippen LogP contribution in [0.3, 0.4) is 0 Å². The van der Waals surface area contributed by atoms with Crippen LogP contribution in [-0.2, 0) is 5.79 Å². The van der Waals surface area contributed by atoms with Gasteiger partial charge in [-0.05, 0) is 42.5 Å². The predicted molar refractivity (Wildman–Crippen MR) is 219 cm³/mol. The molecule has 0 aliphatic carbocycles. The second-order valence-corrected chi connectivity index (χ2v) is 13.3. The normalized spacial score (nSPS) is 13.6. The van der Waals surface area contributed by atoms with E-state index in [9.17, 15) is 0 Å². The van der Waals surface area contributed by atoms with Gasteiger partial charge in [0.05, 0.1) is 33.8 Å². The third-order valence-electron chi connectivity index (χ3n) is 9.99. The first kappa shape index (κ1) is 31.4. The summed E-state index contributed by atoms with van der Waals surface area (Å²) in [6.07, 6.45) is 3.65. The minimum atomic E-state index is -1.33. The zero-order chi connectivity index (χ0) is 35.9. The highest BCUT2D eigenvalue weighted by molar-refractivity contribution is 6.54. The molecule has 0 unspecified atom stereocenters. The van der Waals surface area contributed by atoms with Crippen molar-refractivity contribution in [3.05, 3.63) is 211 Å². The summed E-state index contributed by atoms with van der Waals surface area (Å²) < 4.78 is 2.26. The van der Waals surface area contributed by atoms with Crippen molar-refractivity contribution in [3.63, 3.8) is 0 Å². The fourth-order valence-corrected chi connectivity index (χ4v) is 7.47. The van der Waals surface area contributed by atoms with Crippen LogP contribution < -0.4 is 0 Å². The number of hydrogen-bond donors (Lipinski definition) is 0. The first-order chi connectivity index (χ1) is 26.7. The molecule has 0 fully saturated rings. The van der Waals surface area contributed by atoms with Crippen LogP contribution in [0.2, 0.25) is 0 Å². The molecule has 0 N–H and O–H groups in total. The molecule has 1 aliphatic heterocycles. The number of fused-ring (bicyclic) bond motifs is 2. The van der Waals surface area contributed by atoms with Crippen molar-refractivity contribution in [1.29, 1.82) is 0 Å². The minimum absolute atomic E-state index is 0.735. The molecule has 0 saturated carbocycles. The van der Waals surface area contributed by atoms with Gasteiger partial charge in [-0.3, -0.25) is 14.5 Å². The van der Waals surface area contributed by atoms with E-state index in [1.807, 2.05) is 48.8 Å². The van der Waals surface area contributed by atoms with Crippen LogP contribution in [0.4, 0.5) is 0 Å². The summed E-state index contributed by atoms with van der Waals surface area (Å²) in [5, 5.41) is 2.02. The van der Waals surface area contributed by atoms with Gasteiger partial charge in [0.25, 0.3) is 5.79 Å². The molecule has 10 rings (SSSR count). The van der Waals surface area contributed by atoms with Crippen LogP contribution in [0.5, 0.6) is 0 Å². The zero-order valence-corrected chi connectivity index (χ0v) is 29.2. The van der Waals surface area contributed by atoms with Gasteiger partial charge < -0.3 is 0 Å². The average molecular weight is 693 g/mol. The number of pyridine rings is 2. The predicted octanol–water partition coefficient (Wildman–Crippen LogP) is 10.6. The second kappa shape index (κ2) is 13.0. The first-order valence-corrected chi connectivity index (χ1v) is 18.0. The SMILES string of the molecule is c1ccc(C2=NC(c3ccc4ncccc4c3)(n3c(-c4ccc5ncccc5c4)nc(-c4ccccc4)c3-c3ccccc3)N=C2c2ccccc2)cc1. The van der Waals surface area contributed by atoms with Gasteiger partial charge in [0.1, 0.15) is 5.82 Å². The largest absolute Gasteiger partial charge is 0.275 e. The van der Waals surface area contributed by atoms with E-state index in [1.165, 1.54) is 0 Å². The Bertz CT molecular complexity index is 2810. The van der Waals surface area contributed by atoms with E-state index in [0.29, 0.717) is 0 Å². The lowest BCUT2D eigenvalue weighted by molar-refractivity contribution is 0.409. The van der Waals surface area contributed by atoms with Crippen LogP contribution in [-0.4, -0.2) is 30.9 Å². The highest BCUT2D eigenvalue weighted by Gasteiger charge is 2.45. The third-order valence-corrected chi connectivity index (χ3v) is 9.99. The fraction of sp³-hybridized carbons (Fsp3) is 0.0208. The summed E-state index contributed by atoms with van der Waals surface area (Å²) in [6, 6.07) is 62.4. The number of nitrogens with zero attached hydrogens (tertiary/aromatic N) is 6. The number of rotatable bonds is 7. The van der Waals surface area contributed by atoms with E-state index in [-0.39, 0.29) is 0 Å². The molecule has 0 radical (unpaired) electrons. The summed E-state index contributed by atoms with van der Waals surface area (Å²) in [7, 11) is 0. The van der Waals surface area contributed by atoms with Crippen molar-refractivity contribution in [1.82, 2.24) is 19.5 Å². The maximum atomic E-state index is 5.84. The van der Waals surface area contributed by atoms with Crippen LogP contribution >= 0.6 is 0 Å². The number of benzene rings is 6. The Balaban J connectivity index is 1.40. The number of aromatic nitrogens is 4. The molecule has 0 saturated heterocycles. The highest BCUT2D eigenvalue weighted by Crippen LogP contribution is 2.47. The van der Waals surface area contributed by atoms with Crippen molar-refractivity contribution in [3.8, 4) is 33.9 Å². The van der Waals surface area contributed by atoms with Crippen LogP contribution in [0.15, 0.2) is 204 Å². The van der Waals surface area contributed by atoms with Crippen molar-refractivity contribution in [2.75, 3.05) is 0 Å². The van der Waals surface area contributed by atoms with Gasteiger partial charge in [-0.25, -0.2) is 15.0 Å². The molecular weight excluding hydrogens is 661 g/mol. The van der Waals surface area contributed by atoms with Gasteiger partial charge in [0, 0.05) is 56.5 Å². The Hall–Kier alpha value is -7.31. The quantitative estimate of drug-likeness (QED) is 0.167. The molecule has 1 aliphatic rings. The lowest BCUT2D eigenvalue weighted by Gasteiger charge is -2.30. The van der Waals surface area contributed by atoms with Crippen LogP contribution in [0.25, 0.3) is 55.7 Å². The van der Waals surface area contributed by atoms with E-state index >= 15 is 0 Å². The van der Waals surface area contributed by atoms with Gasteiger partial charge in [0.2, 0.25) is 0 Å². The molecule has 0 atom stereocenters. The van der Waals surface area contributed by atoms with Gasteiger partial charge in [-0.15, -0.1) is 0 Å². The Morgan fingerprint density at radius 2 is 0.907 bits per heavy atom. The van der Waals surface area contributed by atoms with Gasteiger partial charge in [0.15, 0.2) is 0 Å². The third kappa shape index (κ3) is 5.31. The summed E-state index contributed by atoms with van der Waals surface area (Å²) in [6.45, 7) is 0. The standard InChI is InChI=1S/C48H32N6/c1-5-15-33(16-6-1)43-44(34-17-7-2-8-18-34)53-48(52-43,40-26-28-42-38(32-40)24-14-30-50-42)54-46(36-21-11-4-12-22-36)45(35-19-9-3-10-20-35)51-47(54)39-25-27-41-37(31-39)23-13-29-49-41/h1-32H. The van der Waals surface area contributed by atoms with Gasteiger partial charge in [-0.2, -0.15) is 0 Å². The molecule has 6 nitrogen and oxygen atoms in total. The monoisotopic (exact) mass is 692 g/mol. The lowest BCUT2D eigenvalue weighted by atomic mass is 10.0. The lowest BCUT2D eigenvalue weighted by Crippen LogP contribution is -2.31. The van der Waals surface area contributed by atoms with Crippen molar-refractivity contribution in [2.45, 2.75) is 5.79 Å². The van der Waals surface area contributed by atoms with E-state index < -0.39 is 5.79 Å². The summed E-state index contributed by atoms with van der Waals surface area (Å²) in [5.74, 6) is -0.593. The number of aliphatic imine (C=N–C) groups is 2. The highest BCUT2D eigenvalue weighted by atomic mass is 15.4. The Morgan fingerprint density at radius 1 is 0.407 bits per heavy atom. The Labute approximate surface area is 312 Å². The molecule has 6 heteroatoms. The molecular formula is C48H32N6. The Kier molecular flexibility index (Phi) is 7.58. The summed E-state index contributed by atoms with van der Waals surface area (Å²) in [5.41, 5.74) is 10.9. The maximum Gasteiger partial charge on any atom is 0.261 e. The van der Waals surface area contributed by atoms with E-state index in [4.69, 9.17) is 15.0 Å². The van der Waals surface area contributed by atoms with Crippen LogP contribution in [0.1, 0.15) is 16.7 Å². The maximum absolute atomic E-state index is 5.84. The zero-order valence-electron chi connectivity index (χ0n) is 29.2. The van der Waals surface area contributed by atoms with Gasteiger partial charge in [-0.1, -0.05) is 140 Å². The smallest absolute Gasteiger partial charge is 0.261 e. The van der Waals surface area contributed by atoms with Crippen molar-refractivity contribution in [2.24, 2.45) is 9.98 Å². The van der Waals surface area contributed by atoms with E-state index in [1.54, 1.807) is 0 Å². The second-order valence-electron chi connectivity index (χ2n) is 13.3. The molecule has 254 valence electrons. The molecule has 9 aromatic rings. The summed E-state index contributed by atoms with van der Waals surface area (Å²) in [4.78, 5) is 26.6. The average Bonchev–Trinajstić information content (AvgIpc) is 3.86. The molecule has 0 amide bonds. The molecule has 6 aromatic carbocycles. The van der Waals surface area contributed by atoms with E-state index in [0.717, 1.165) is 83.8 Å². The van der Waals surface area contributed by atoms with Crippen molar-refractivity contribution < 1.29 is 0 Å². The van der Waals surface area contributed by atoms with E-state index in [2.05, 4.69) is 160 Å².